The number of carbonyl (C=O) groups is 1. The molecule has 0 spiro atoms. The maximum absolute atomic E-state index is 12.3. The van der Waals surface area contributed by atoms with E-state index in [1.54, 1.807) is 12.3 Å². The van der Waals surface area contributed by atoms with Gasteiger partial charge in [0, 0.05) is 19.3 Å². The molecule has 1 aromatic rings. The number of hydrogen-bond acceptors (Lipinski definition) is 3. The normalized spacial score (nSPS) is 24.7. The van der Waals surface area contributed by atoms with Crippen molar-refractivity contribution in [1.29, 1.82) is 0 Å². The Morgan fingerprint density at radius 1 is 1.41 bits per heavy atom. The first-order valence-electron chi connectivity index (χ1n) is 6.06. The van der Waals surface area contributed by atoms with E-state index in [9.17, 15) is 4.79 Å². The number of pyridine rings is 1. The van der Waals surface area contributed by atoms with Gasteiger partial charge in [0.25, 0.3) is 5.91 Å². The number of likely N-dealkylation sites (tertiary alicyclic amines) is 1. The molecule has 4 nitrogen and oxygen atoms in total. The average molecular weight is 233 g/mol. The maximum atomic E-state index is 12.3. The fraction of sp³-hybridized carbons (Fsp3) is 0.538. The molecule has 2 rings (SSSR count). The molecule has 2 N–H and O–H groups in total. The minimum Gasteiger partial charge on any atom is -0.397 e. The number of carbonyl (C=O) groups excluding carboxylic acids is 1. The number of nitrogens with zero attached hydrogens (tertiary/aromatic N) is 2. The molecular weight excluding hydrogens is 214 g/mol. The van der Waals surface area contributed by atoms with Crippen LogP contribution in [-0.4, -0.2) is 28.9 Å². The van der Waals surface area contributed by atoms with E-state index in [-0.39, 0.29) is 5.91 Å². The SMILES string of the molecule is CC1CC(C)CN(C(=O)c2ccncc2N)C1. The summed E-state index contributed by atoms with van der Waals surface area (Å²) in [6.07, 6.45) is 4.33. The molecule has 0 saturated carbocycles. The molecule has 1 aliphatic rings. The second-order valence-electron chi connectivity index (χ2n) is 5.12. The first kappa shape index (κ1) is 11.9. The number of nitrogens with two attached hydrogens (primary N) is 1. The highest BCUT2D eigenvalue weighted by atomic mass is 16.2. The molecule has 0 bridgehead atoms. The highest BCUT2D eigenvalue weighted by Gasteiger charge is 2.26. The molecule has 17 heavy (non-hydrogen) atoms. The largest absolute Gasteiger partial charge is 0.397 e. The van der Waals surface area contributed by atoms with Gasteiger partial charge in [0.15, 0.2) is 0 Å². The lowest BCUT2D eigenvalue weighted by Crippen LogP contribution is -2.42. The third kappa shape index (κ3) is 2.57. The lowest BCUT2D eigenvalue weighted by Gasteiger charge is -2.35. The molecule has 1 saturated heterocycles. The van der Waals surface area contributed by atoms with Crippen molar-refractivity contribution < 1.29 is 4.79 Å². The van der Waals surface area contributed by atoms with Crippen molar-refractivity contribution in [3.8, 4) is 0 Å². The van der Waals surface area contributed by atoms with Crippen LogP contribution in [0.3, 0.4) is 0 Å². The summed E-state index contributed by atoms with van der Waals surface area (Å²) in [5.41, 5.74) is 6.82. The van der Waals surface area contributed by atoms with Crippen LogP contribution in [0.1, 0.15) is 30.6 Å². The summed E-state index contributed by atoms with van der Waals surface area (Å²) in [4.78, 5) is 18.1. The molecule has 2 atom stereocenters. The van der Waals surface area contributed by atoms with E-state index in [1.165, 1.54) is 12.6 Å². The molecule has 0 aromatic carbocycles. The van der Waals surface area contributed by atoms with E-state index in [0.717, 1.165) is 13.1 Å². The standard InChI is InChI=1S/C13H19N3O/c1-9-5-10(2)8-16(7-9)13(17)11-3-4-15-6-12(11)14/h3-4,6,9-10H,5,7-8,14H2,1-2H3. The molecule has 0 radical (unpaired) electrons. The van der Waals surface area contributed by atoms with Gasteiger partial charge in [-0.25, -0.2) is 0 Å². The zero-order valence-electron chi connectivity index (χ0n) is 10.4. The van der Waals surface area contributed by atoms with Crippen LogP contribution in [0.25, 0.3) is 0 Å². The highest BCUT2D eigenvalue weighted by molar-refractivity contribution is 5.98. The molecule has 1 aromatic heterocycles. The van der Waals surface area contributed by atoms with Gasteiger partial charge in [-0.05, 0) is 24.3 Å². The quantitative estimate of drug-likeness (QED) is 0.804. The van der Waals surface area contributed by atoms with Crippen molar-refractivity contribution in [3.63, 3.8) is 0 Å². The molecule has 2 unspecified atom stereocenters. The van der Waals surface area contributed by atoms with Gasteiger partial charge in [-0.3, -0.25) is 9.78 Å². The molecule has 1 fully saturated rings. The Balaban J connectivity index is 2.17. The Morgan fingerprint density at radius 2 is 2.06 bits per heavy atom. The first-order chi connectivity index (χ1) is 8.08. The monoisotopic (exact) mass is 233 g/mol. The smallest absolute Gasteiger partial charge is 0.256 e. The van der Waals surface area contributed by atoms with Crippen LogP contribution in [0.15, 0.2) is 18.5 Å². The lowest BCUT2D eigenvalue weighted by molar-refractivity contribution is 0.0624. The zero-order chi connectivity index (χ0) is 12.4. The van der Waals surface area contributed by atoms with Crippen molar-refractivity contribution >= 4 is 11.6 Å². The maximum Gasteiger partial charge on any atom is 0.256 e. The van der Waals surface area contributed by atoms with E-state index < -0.39 is 0 Å². The molecule has 1 aliphatic heterocycles. The summed E-state index contributed by atoms with van der Waals surface area (Å²) < 4.78 is 0. The average Bonchev–Trinajstić information content (AvgIpc) is 2.27. The summed E-state index contributed by atoms with van der Waals surface area (Å²) in [5, 5.41) is 0. The lowest BCUT2D eigenvalue weighted by atomic mass is 9.91. The Kier molecular flexibility index (Phi) is 3.31. The van der Waals surface area contributed by atoms with Gasteiger partial charge in [0.1, 0.15) is 0 Å². The van der Waals surface area contributed by atoms with Crippen molar-refractivity contribution in [2.45, 2.75) is 20.3 Å². The molecule has 1 amide bonds. The van der Waals surface area contributed by atoms with Crippen LogP contribution in [0.4, 0.5) is 5.69 Å². The van der Waals surface area contributed by atoms with Crippen LogP contribution in [0, 0.1) is 11.8 Å². The van der Waals surface area contributed by atoms with Crippen molar-refractivity contribution in [2.24, 2.45) is 11.8 Å². The van der Waals surface area contributed by atoms with Crippen LogP contribution < -0.4 is 5.73 Å². The Hall–Kier alpha value is -1.58. The number of piperidine rings is 1. The number of aromatic nitrogens is 1. The summed E-state index contributed by atoms with van der Waals surface area (Å²) in [6, 6.07) is 1.70. The fourth-order valence-corrected chi connectivity index (χ4v) is 2.60. The predicted octanol–water partition coefficient (Wildman–Crippen LogP) is 1.78. The molecule has 2 heterocycles. The number of nitrogen functional groups attached to an aromatic ring is 1. The van der Waals surface area contributed by atoms with Crippen LogP contribution in [0.5, 0.6) is 0 Å². The Labute approximate surface area is 102 Å². The Bertz CT molecular complexity index is 409. The molecule has 0 aliphatic carbocycles. The molecule has 4 heteroatoms. The fourth-order valence-electron chi connectivity index (χ4n) is 2.60. The Morgan fingerprint density at radius 3 is 2.65 bits per heavy atom. The zero-order valence-corrected chi connectivity index (χ0v) is 10.4. The van der Waals surface area contributed by atoms with Gasteiger partial charge in [-0.15, -0.1) is 0 Å². The van der Waals surface area contributed by atoms with Gasteiger partial charge in [0.2, 0.25) is 0 Å². The number of hydrogen-bond donors (Lipinski definition) is 1. The summed E-state index contributed by atoms with van der Waals surface area (Å²) in [7, 11) is 0. The highest BCUT2D eigenvalue weighted by Crippen LogP contribution is 2.23. The third-order valence-corrected chi connectivity index (χ3v) is 3.24. The van der Waals surface area contributed by atoms with Gasteiger partial charge >= 0.3 is 0 Å². The second kappa shape index (κ2) is 4.73. The van der Waals surface area contributed by atoms with E-state index in [0.29, 0.717) is 23.1 Å². The van der Waals surface area contributed by atoms with Gasteiger partial charge in [-0.2, -0.15) is 0 Å². The van der Waals surface area contributed by atoms with Gasteiger partial charge < -0.3 is 10.6 Å². The van der Waals surface area contributed by atoms with Gasteiger partial charge in [0.05, 0.1) is 17.4 Å². The summed E-state index contributed by atoms with van der Waals surface area (Å²) in [5.74, 6) is 1.15. The first-order valence-corrected chi connectivity index (χ1v) is 6.06. The third-order valence-electron chi connectivity index (χ3n) is 3.24. The topological polar surface area (TPSA) is 59.2 Å². The van der Waals surface area contributed by atoms with Crippen molar-refractivity contribution in [3.05, 3.63) is 24.0 Å². The van der Waals surface area contributed by atoms with Crippen LogP contribution >= 0.6 is 0 Å². The predicted molar refractivity (Wildman–Crippen MR) is 67.5 cm³/mol. The number of rotatable bonds is 1. The van der Waals surface area contributed by atoms with Crippen molar-refractivity contribution in [1.82, 2.24) is 9.88 Å². The summed E-state index contributed by atoms with van der Waals surface area (Å²) in [6.45, 7) is 6.02. The van der Waals surface area contributed by atoms with Crippen LogP contribution in [0.2, 0.25) is 0 Å². The summed E-state index contributed by atoms with van der Waals surface area (Å²) >= 11 is 0. The molecular formula is C13H19N3O. The minimum absolute atomic E-state index is 0.0308. The minimum atomic E-state index is 0.0308. The number of amides is 1. The van der Waals surface area contributed by atoms with E-state index in [1.807, 2.05) is 4.90 Å². The van der Waals surface area contributed by atoms with E-state index >= 15 is 0 Å². The van der Waals surface area contributed by atoms with E-state index in [2.05, 4.69) is 18.8 Å². The van der Waals surface area contributed by atoms with Gasteiger partial charge in [-0.1, -0.05) is 13.8 Å². The molecule has 92 valence electrons. The van der Waals surface area contributed by atoms with Crippen LogP contribution in [-0.2, 0) is 0 Å². The van der Waals surface area contributed by atoms with Crippen molar-refractivity contribution in [2.75, 3.05) is 18.8 Å². The van der Waals surface area contributed by atoms with E-state index in [4.69, 9.17) is 5.73 Å². The number of anilines is 1. The second-order valence-corrected chi connectivity index (χ2v) is 5.12.